The van der Waals surface area contributed by atoms with E-state index in [2.05, 4.69) is 25.2 Å². The molecule has 118 valence electrons. The molecule has 0 bridgehead atoms. The summed E-state index contributed by atoms with van der Waals surface area (Å²) >= 11 is 0. The molecule has 0 fully saturated rings. The smallest absolute Gasteiger partial charge is 0.356 e. The van der Waals surface area contributed by atoms with E-state index < -0.39 is 18.1 Å². The number of hydrogen-bond acceptors (Lipinski definition) is 5. The summed E-state index contributed by atoms with van der Waals surface area (Å²) in [6.07, 6.45) is 4.23. The van der Waals surface area contributed by atoms with Crippen LogP contribution in [0.1, 0.15) is 39.5 Å². The molecule has 0 saturated carbocycles. The van der Waals surface area contributed by atoms with Crippen LogP contribution in [0.15, 0.2) is 12.7 Å². The zero-order chi connectivity index (χ0) is 15.8. The molecule has 20 heavy (non-hydrogen) atoms. The number of amides is 1. The number of methoxy groups -OCH3 is 1. The molecule has 0 heterocycles. The van der Waals surface area contributed by atoms with E-state index in [1.807, 2.05) is 5.32 Å². The number of nitrogens with one attached hydrogen (secondary N) is 1. The molecule has 0 aromatic rings. The molecule has 0 saturated heterocycles. The van der Waals surface area contributed by atoms with Gasteiger partial charge in [0.2, 0.25) is 12.1 Å². The summed E-state index contributed by atoms with van der Waals surface area (Å²) in [7, 11) is 1.10. The summed E-state index contributed by atoms with van der Waals surface area (Å²) in [6.45, 7) is 9.40. The number of carbonyl (C=O) groups is 2. The molecule has 0 aromatic heterocycles. The van der Waals surface area contributed by atoms with Gasteiger partial charge in [0.05, 0.1) is 7.11 Å². The predicted molar refractivity (Wildman–Crippen MR) is 77.0 cm³/mol. The van der Waals surface area contributed by atoms with Crippen LogP contribution in [0.5, 0.6) is 0 Å². The van der Waals surface area contributed by atoms with Crippen LogP contribution < -0.4 is 5.32 Å². The largest absolute Gasteiger partial charge is 0.466 e. The number of esters is 1. The second kappa shape index (κ2) is 15.7. The van der Waals surface area contributed by atoms with Crippen molar-refractivity contribution in [3.8, 4) is 0 Å². The Balaban J connectivity index is 0. The van der Waals surface area contributed by atoms with Crippen LogP contribution in [0.25, 0.3) is 0 Å². The van der Waals surface area contributed by atoms with E-state index in [-0.39, 0.29) is 0 Å². The molecule has 1 amide bonds. The molecular weight excluding hydrogens is 262 g/mol. The first-order valence-corrected chi connectivity index (χ1v) is 6.79. The van der Waals surface area contributed by atoms with E-state index >= 15 is 0 Å². The topological polar surface area (TPSA) is 84.9 Å². The average molecular weight is 289 g/mol. The van der Waals surface area contributed by atoms with Gasteiger partial charge in [0, 0.05) is 13.2 Å². The third-order valence-corrected chi connectivity index (χ3v) is 2.17. The molecule has 6 heteroatoms. The summed E-state index contributed by atoms with van der Waals surface area (Å²) in [5.74, 6) is -1.55. The highest BCUT2D eigenvalue weighted by Gasteiger charge is 2.15. The Morgan fingerprint density at radius 2 is 1.75 bits per heavy atom. The van der Waals surface area contributed by atoms with Crippen LogP contribution in [0, 0.1) is 0 Å². The van der Waals surface area contributed by atoms with E-state index in [1.165, 1.54) is 25.7 Å². The lowest BCUT2D eigenvalue weighted by molar-refractivity contribution is -0.154. The Labute approximate surface area is 121 Å². The normalized spacial score (nSPS) is 10.8. The number of unbranched alkanes of at least 4 members (excludes halogenated alkanes) is 2. The summed E-state index contributed by atoms with van der Waals surface area (Å²) in [5.41, 5.74) is 0. The van der Waals surface area contributed by atoms with Gasteiger partial charge >= 0.3 is 5.97 Å². The molecule has 1 atom stereocenters. The first kappa shape index (κ1) is 20.9. The SMILES string of the molecule is C=CC(=O)NC(O)C(=O)OC.CCCCOCCCC. The zero-order valence-electron chi connectivity index (χ0n) is 12.7. The van der Waals surface area contributed by atoms with E-state index in [0.717, 1.165) is 26.4 Å². The highest BCUT2D eigenvalue weighted by molar-refractivity contribution is 5.90. The fourth-order valence-electron chi connectivity index (χ4n) is 0.959. The van der Waals surface area contributed by atoms with Crippen molar-refractivity contribution in [1.29, 1.82) is 0 Å². The summed E-state index contributed by atoms with van der Waals surface area (Å²) in [4.78, 5) is 20.9. The van der Waals surface area contributed by atoms with E-state index in [4.69, 9.17) is 9.84 Å². The van der Waals surface area contributed by atoms with Gasteiger partial charge in [-0.3, -0.25) is 4.79 Å². The van der Waals surface area contributed by atoms with Crippen LogP contribution in [0.3, 0.4) is 0 Å². The maximum Gasteiger partial charge on any atom is 0.356 e. The van der Waals surface area contributed by atoms with Gasteiger partial charge in [0.25, 0.3) is 0 Å². The Morgan fingerprint density at radius 1 is 1.25 bits per heavy atom. The molecule has 1 unspecified atom stereocenters. The molecule has 6 nitrogen and oxygen atoms in total. The van der Waals surface area contributed by atoms with Gasteiger partial charge in [0.15, 0.2) is 0 Å². The minimum atomic E-state index is -1.62. The molecule has 0 spiro atoms. The highest BCUT2D eigenvalue weighted by Crippen LogP contribution is 1.91. The van der Waals surface area contributed by atoms with Crippen LogP contribution in [0.2, 0.25) is 0 Å². The van der Waals surface area contributed by atoms with E-state index in [1.54, 1.807) is 0 Å². The first-order valence-electron chi connectivity index (χ1n) is 6.79. The Kier molecular flexibility index (Phi) is 16.4. The standard InChI is InChI=1S/C8H18O.C6H9NO4/c1-3-5-7-9-8-6-4-2;1-3-4(8)7-5(9)6(10)11-2/h3-8H2,1-2H3;3,5,9H,1H2,2H3,(H,7,8). The monoisotopic (exact) mass is 289 g/mol. The van der Waals surface area contributed by atoms with E-state index in [9.17, 15) is 9.59 Å². The van der Waals surface area contributed by atoms with Gasteiger partial charge < -0.3 is 19.9 Å². The minimum absolute atomic E-state index is 0.636. The molecule has 0 aliphatic carbocycles. The minimum Gasteiger partial charge on any atom is -0.466 e. The van der Waals surface area contributed by atoms with Gasteiger partial charge in [-0.15, -0.1) is 0 Å². The summed E-state index contributed by atoms with van der Waals surface area (Å²) in [6, 6.07) is 0. The van der Waals surface area contributed by atoms with Gasteiger partial charge in [-0.1, -0.05) is 33.3 Å². The Bertz CT molecular complexity index is 262. The molecule has 0 rings (SSSR count). The fraction of sp³-hybridized carbons (Fsp3) is 0.714. The highest BCUT2D eigenvalue weighted by atomic mass is 16.5. The van der Waals surface area contributed by atoms with Crippen LogP contribution in [-0.2, 0) is 19.1 Å². The van der Waals surface area contributed by atoms with Crippen molar-refractivity contribution in [1.82, 2.24) is 5.32 Å². The molecular formula is C14H27NO5. The summed E-state index contributed by atoms with van der Waals surface area (Å²) in [5, 5.41) is 10.7. The lowest BCUT2D eigenvalue weighted by Crippen LogP contribution is -2.40. The number of hydrogen-bond donors (Lipinski definition) is 2. The summed E-state index contributed by atoms with van der Waals surface area (Å²) < 4.78 is 9.43. The van der Waals surface area contributed by atoms with Crippen LogP contribution in [0.4, 0.5) is 0 Å². The van der Waals surface area contributed by atoms with Gasteiger partial charge in [-0.2, -0.15) is 0 Å². The first-order chi connectivity index (χ1) is 9.53. The second-order valence-electron chi connectivity index (χ2n) is 3.96. The quantitative estimate of drug-likeness (QED) is 0.290. The van der Waals surface area contributed by atoms with Gasteiger partial charge in [-0.05, 0) is 18.9 Å². The average Bonchev–Trinajstić information content (AvgIpc) is 2.46. The Hall–Kier alpha value is -1.40. The van der Waals surface area contributed by atoms with Crippen molar-refractivity contribution in [3.63, 3.8) is 0 Å². The van der Waals surface area contributed by atoms with Gasteiger partial charge in [0.1, 0.15) is 0 Å². The number of rotatable bonds is 9. The van der Waals surface area contributed by atoms with Gasteiger partial charge in [-0.25, -0.2) is 4.79 Å². The van der Waals surface area contributed by atoms with E-state index in [0.29, 0.717) is 0 Å². The van der Waals surface area contributed by atoms with Crippen LogP contribution in [-0.4, -0.2) is 43.5 Å². The third kappa shape index (κ3) is 14.7. The number of aliphatic hydroxyl groups excluding tert-OH is 1. The number of carbonyl (C=O) groups excluding carboxylic acids is 2. The van der Waals surface area contributed by atoms with Crippen LogP contribution >= 0.6 is 0 Å². The van der Waals surface area contributed by atoms with Crippen molar-refractivity contribution in [2.24, 2.45) is 0 Å². The lowest BCUT2D eigenvalue weighted by Gasteiger charge is -2.07. The maximum absolute atomic E-state index is 10.4. The predicted octanol–water partition coefficient (Wildman–Crippen LogP) is 1.38. The fourth-order valence-corrected chi connectivity index (χ4v) is 0.959. The molecule has 0 aliphatic rings. The van der Waals surface area contributed by atoms with Crippen molar-refractivity contribution in [3.05, 3.63) is 12.7 Å². The lowest BCUT2D eigenvalue weighted by atomic mass is 10.3. The second-order valence-corrected chi connectivity index (χ2v) is 3.96. The molecule has 0 aromatic carbocycles. The van der Waals surface area contributed by atoms with Crippen molar-refractivity contribution < 1.29 is 24.2 Å². The van der Waals surface area contributed by atoms with Crippen molar-refractivity contribution >= 4 is 11.9 Å². The maximum atomic E-state index is 10.4. The zero-order valence-corrected chi connectivity index (χ0v) is 12.7. The third-order valence-electron chi connectivity index (χ3n) is 2.17. The van der Waals surface area contributed by atoms with Crippen molar-refractivity contribution in [2.75, 3.05) is 20.3 Å². The number of ether oxygens (including phenoxy) is 2. The van der Waals surface area contributed by atoms with Crippen molar-refractivity contribution in [2.45, 2.75) is 45.8 Å². The molecule has 0 aliphatic heterocycles. The Morgan fingerprint density at radius 3 is 2.10 bits per heavy atom. The molecule has 0 radical (unpaired) electrons. The molecule has 2 N–H and O–H groups in total. The number of aliphatic hydroxyl groups is 1.